The highest BCUT2D eigenvalue weighted by Crippen LogP contribution is 2.32. The van der Waals surface area contributed by atoms with Gasteiger partial charge in [-0.3, -0.25) is 4.21 Å². The first-order chi connectivity index (χ1) is 8.16. The molecule has 1 aromatic carbocycles. The third kappa shape index (κ3) is 3.70. The Balaban J connectivity index is 1.92. The third-order valence-electron chi connectivity index (χ3n) is 3.19. The average molecular weight is 291 g/mol. The molecule has 1 nitrogen and oxygen atoms in total. The lowest BCUT2D eigenvalue weighted by atomic mass is 9.90. The van der Waals surface area contributed by atoms with Crippen LogP contribution in [-0.2, 0) is 10.8 Å². The predicted molar refractivity (Wildman–Crippen MR) is 74.3 cm³/mol. The van der Waals surface area contributed by atoms with Gasteiger partial charge in [-0.2, -0.15) is 0 Å². The summed E-state index contributed by atoms with van der Waals surface area (Å²) < 4.78 is 12.1. The summed E-state index contributed by atoms with van der Waals surface area (Å²) in [4.78, 5) is 0.909. The van der Waals surface area contributed by atoms with Crippen LogP contribution in [0.5, 0.6) is 0 Å². The zero-order valence-electron chi connectivity index (χ0n) is 9.52. The van der Waals surface area contributed by atoms with Gasteiger partial charge in [0.15, 0.2) is 0 Å². The molecule has 4 atom stereocenters. The van der Waals surface area contributed by atoms with Crippen molar-refractivity contribution in [2.24, 2.45) is 5.92 Å². The highest BCUT2D eigenvalue weighted by molar-refractivity contribution is 7.85. The Hall–Kier alpha value is -0.0500. The standard InChI is InChI=1S/C13H16Cl2OS/c14-12-7-6-10(8-13(12)15)9-17(16)11-4-2-1-3-5-11/h1-5,10,12-13H,6-9H2/t10-,12+,13+,17?/m0/s1. The Morgan fingerprint density at radius 2 is 1.82 bits per heavy atom. The second-order valence-corrected chi connectivity index (χ2v) is 7.15. The van der Waals surface area contributed by atoms with Crippen LogP contribution in [0.2, 0.25) is 0 Å². The molecule has 4 heteroatoms. The molecule has 0 aliphatic heterocycles. The second kappa shape index (κ2) is 6.21. The van der Waals surface area contributed by atoms with Gasteiger partial charge in [0.25, 0.3) is 0 Å². The number of rotatable bonds is 3. The summed E-state index contributed by atoms with van der Waals surface area (Å²) in [7, 11) is -0.909. The highest BCUT2D eigenvalue weighted by atomic mass is 35.5. The predicted octanol–water partition coefficient (Wildman–Crippen LogP) is 3.81. The van der Waals surface area contributed by atoms with E-state index in [2.05, 4.69) is 0 Å². The van der Waals surface area contributed by atoms with Gasteiger partial charge < -0.3 is 0 Å². The van der Waals surface area contributed by atoms with E-state index in [1.807, 2.05) is 30.3 Å². The molecule has 2 rings (SSSR count). The molecule has 1 unspecified atom stereocenters. The number of hydrogen-bond donors (Lipinski definition) is 0. The minimum Gasteiger partial charge on any atom is -0.254 e. The van der Waals surface area contributed by atoms with E-state index in [1.54, 1.807) is 0 Å². The molecule has 0 N–H and O–H groups in total. The maximum Gasteiger partial charge on any atom is 0.0532 e. The van der Waals surface area contributed by atoms with Crippen molar-refractivity contribution in [2.45, 2.75) is 34.9 Å². The summed E-state index contributed by atoms with van der Waals surface area (Å²) in [6.07, 6.45) is 2.86. The zero-order valence-corrected chi connectivity index (χ0v) is 11.8. The minimum atomic E-state index is -0.909. The number of hydrogen-bond acceptors (Lipinski definition) is 1. The van der Waals surface area contributed by atoms with Gasteiger partial charge in [-0.1, -0.05) is 18.2 Å². The second-order valence-electron chi connectivity index (χ2n) is 4.54. The molecule has 1 aliphatic carbocycles. The van der Waals surface area contributed by atoms with Crippen LogP contribution in [0.3, 0.4) is 0 Å². The smallest absolute Gasteiger partial charge is 0.0532 e. The summed E-state index contributed by atoms with van der Waals surface area (Å²) >= 11 is 12.2. The molecular weight excluding hydrogens is 275 g/mol. The molecule has 1 aliphatic rings. The summed E-state index contributed by atoms with van der Waals surface area (Å²) in [6, 6.07) is 9.62. The van der Waals surface area contributed by atoms with Gasteiger partial charge >= 0.3 is 0 Å². The van der Waals surface area contributed by atoms with E-state index in [9.17, 15) is 4.21 Å². The van der Waals surface area contributed by atoms with Crippen LogP contribution < -0.4 is 0 Å². The van der Waals surface area contributed by atoms with Crippen molar-refractivity contribution < 1.29 is 4.21 Å². The first-order valence-corrected chi connectivity index (χ1v) is 8.07. The molecule has 0 heterocycles. The monoisotopic (exact) mass is 290 g/mol. The minimum absolute atomic E-state index is 0.0307. The first kappa shape index (κ1) is 13.4. The van der Waals surface area contributed by atoms with Gasteiger partial charge in [-0.25, -0.2) is 0 Å². The van der Waals surface area contributed by atoms with Gasteiger partial charge in [0.2, 0.25) is 0 Å². The lowest BCUT2D eigenvalue weighted by Crippen LogP contribution is -2.28. The van der Waals surface area contributed by atoms with E-state index in [4.69, 9.17) is 23.2 Å². The van der Waals surface area contributed by atoms with Crippen LogP contribution in [0.15, 0.2) is 35.2 Å². The van der Waals surface area contributed by atoms with Crippen molar-refractivity contribution in [1.82, 2.24) is 0 Å². The van der Waals surface area contributed by atoms with Crippen LogP contribution in [0.1, 0.15) is 19.3 Å². The molecule has 0 spiro atoms. The Morgan fingerprint density at radius 3 is 2.47 bits per heavy atom. The fourth-order valence-corrected chi connectivity index (χ4v) is 4.18. The Kier molecular flexibility index (Phi) is 4.89. The van der Waals surface area contributed by atoms with Crippen LogP contribution >= 0.6 is 23.2 Å². The van der Waals surface area contributed by atoms with E-state index in [0.717, 1.165) is 24.2 Å². The van der Waals surface area contributed by atoms with Crippen molar-refractivity contribution in [1.29, 1.82) is 0 Å². The van der Waals surface area contributed by atoms with Gasteiger partial charge in [0.1, 0.15) is 0 Å². The van der Waals surface area contributed by atoms with Gasteiger partial charge in [-0.15, -0.1) is 23.2 Å². The molecule has 0 amide bonds. The van der Waals surface area contributed by atoms with Crippen LogP contribution in [0.25, 0.3) is 0 Å². The van der Waals surface area contributed by atoms with Crippen molar-refractivity contribution in [3.05, 3.63) is 30.3 Å². The van der Waals surface area contributed by atoms with Crippen molar-refractivity contribution in [2.75, 3.05) is 5.75 Å². The average Bonchev–Trinajstić information content (AvgIpc) is 2.35. The maximum absolute atomic E-state index is 12.1. The summed E-state index contributed by atoms with van der Waals surface area (Å²) in [5.74, 6) is 1.14. The van der Waals surface area contributed by atoms with Crippen LogP contribution in [-0.4, -0.2) is 20.7 Å². The Labute approximate surface area is 115 Å². The number of halogens is 2. The van der Waals surface area contributed by atoms with Crippen molar-refractivity contribution in [3.63, 3.8) is 0 Å². The number of benzene rings is 1. The van der Waals surface area contributed by atoms with E-state index in [0.29, 0.717) is 11.7 Å². The fraction of sp³-hybridized carbons (Fsp3) is 0.538. The molecule has 0 saturated heterocycles. The molecule has 0 radical (unpaired) electrons. The first-order valence-electron chi connectivity index (χ1n) is 5.88. The topological polar surface area (TPSA) is 17.1 Å². The van der Waals surface area contributed by atoms with E-state index in [1.165, 1.54) is 0 Å². The van der Waals surface area contributed by atoms with Gasteiger partial charge in [-0.05, 0) is 37.3 Å². The largest absolute Gasteiger partial charge is 0.254 e. The summed E-state index contributed by atoms with van der Waals surface area (Å²) in [5.41, 5.74) is 0. The molecule has 1 fully saturated rings. The van der Waals surface area contributed by atoms with E-state index in [-0.39, 0.29) is 10.8 Å². The molecular formula is C13H16Cl2OS. The maximum atomic E-state index is 12.1. The SMILES string of the molecule is O=S(C[C@H]1CC[C@@H](Cl)[C@H](Cl)C1)c1ccccc1. The van der Waals surface area contributed by atoms with Crippen LogP contribution in [0, 0.1) is 5.92 Å². The normalized spacial score (nSPS) is 31.1. The molecule has 1 saturated carbocycles. The zero-order chi connectivity index (χ0) is 12.3. The van der Waals surface area contributed by atoms with Crippen molar-refractivity contribution >= 4 is 34.0 Å². The molecule has 17 heavy (non-hydrogen) atoms. The summed E-state index contributed by atoms with van der Waals surface area (Å²) in [5, 5.41) is 0.112. The van der Waals surface area contributed by atoms with Crippen LogP contribution in [0.4, 0.5) is 0 Å². The fourth-order valence-electron chi connectivity index (χ4n) is 2.19. The Morgan fingerprint density at radius 1 is 1.12 bits per heavy atom. The quantitative estimate of drug-likeness (QED) is 0.774. The van der Waals surface area contributed by atoms with Gasteiger partial charge in [0.05, 0.1) is 16.2 Å². The molecule has 0 bridgehead atoms. The molecule has 1 aromatic rings. The molecule has 94 valence electrons. The summed E-state index contributed by atoms with van der Waals surface area (Å²) in [6.45, 7) is 0. The van der Waals surface area contributed by atoms with Crippen molar-refractivity contribution in [3.8, 4) is 0 Å². The molecule has 0 aromatic heterocycles. The Bertz CT molecular complexity index is 382. The van der Waals surface area contributed by atoms with E-state index < -0.39 is 10.8 Å². The van der Waals surface area contributed by atoms with E-state index >= 15 is 0 Å². The lowest BCUT2D eigenvalue weighted by Gasteiger charge is -2.28. The van der Waals surface area contributed by atoms with Gasteiger partial charge in [0, 0.05) is 16.0 Å². The number of alkyl halides is 2. The lowest BCUT2D eigenvalue weighted by molar-refractivity contribution is 0.398. The highest BCUT2D eigenvalue weighted by Gasteiger charge is 2.28. The third-order valence-corrected chi connectivity index (χ3v) is 5.90.